The minimum absolute atomic E-state index is 0.0651. The maximum absolute atomic E-state index is 13.3. The lowest BCUT2D eigenvalue weighted by molar-refractivity contribution is -0.143. The Hall–Kier alpha value is -3.40. The van der Waals surface area contributed by atoms with Gasteiger partial charge in [-0.15, -0.1) is 0 Å². The fraction of sp³-hybridized carbons (Fsp3) is 0.556. The van der Waals surface area contributed by atoms with Crippen LogP contribution in [0.1, 0.15) is 51.5 Å². The number of nitrogens with one attached hydrogen (secondary N) is 4. The van der Waals surface area contributed by atoms with Crippen molar-refractivity contribution in [1.82, 2.24) is 25.8 Å². The van der Waals surface area contributed by atoms with Crippen LogP contribution < -0.4 is 16.0 Å². The summed E-state index contributed by atoms with van der Waals surface area (Å²) in [6.45, 7) is 5.18. The number of hydrogen-bond acceptors (Lipinski definition) is 5. The molecule has 1 aromatic heterocycles. The van der Waals surface area contributed by atoms with E-state index in [4.69, 9.17) is 0 Å². The van der Waals surface area contributed by atoms with Crippen LogP contribution in [0.2, 0.25) is 0 Å². The number of likely N-dealkylation sites (tertiary alicyclic amines) is 1. The number of H-pyrrole nitrogens is 1. The van der Waals surface area contributed by atoms with Crippen LogP contribution in [0.25, 0.3) is 10.9 Å². The lowest BCUT2D eigenvalue weighted by Crippen LogP contribution is -2.57. The maximum Gasteiger partial charge on any atom is 0.326 e. The SMILES string of the molecule is CC(C)CC(NC(=O)C1CCCN1C(=O)C1CCCN1)C(=O)NC(Cc1c[nH]c2ccccc12)C(=O)O. The molecule has 4 atom stereocenters. The summed E-state index contributed by atoms with van der Waals surface area (Å²) in [4.78, 5) is 56.3. The van der Waals surface area contributed by atoms with Crippen LogP contribution in [0.5, 0.6) is 0 Å². The van der Waals surface area contributed by atoms with Crippen molar-refractivity contribution in [1.29, 1.82) is 0 Å². The van der Waals surface area contributed by atoms with E-state index < -0.39 is 30.0 Å². The third kappa shape index (κ3) is 6.30. The van der Waals surface area contributed by atoms with E-state index in [0.717, 1.165) is 42.3 Å². The highest BCUT2D eigenvalue weighted by atomic mass is 16.4. The van der Waals surface area contributed by atoms with Crippen molar-refractivity contribution in [3.05, 3.63) is 36.0 Å². The molecule has 4 unspecified atom stereocenters. The summed E-state index contributed by atoms with van der Waals surface area (Å²) in [5.74, 6) is -2.04. The van der Waals surface area contributed by atoms with Gasteiger partial charge in [0.25, 0.3) is 0 Å². The fourth-order valence-corrected chi connectivity index (χ4v) is 5.36. The standard InChI is InChI=1S/C27H37N5O5/c1-16(2)13-21(30-25(34)23-10-6-12-32(23)26(35)20-9-5-11-28-20)24(33)31-22(27(36)37)14-17-15-29-19-8-4-3-7-18(17)19/h3-4,7-8,15-16,20-23,28-29H,5-6,9-14H2,1-2H3,(H,30,34)(H,31,33)(H,36,37). The van der Waals surface area contributed by atoms with Crippen molar-refractivity contribution in [2.75, 3.05) is 13.1 Å². The van der Waals surface area contributed by atoms with Gasteiger partial charge in [0.05, 0.1) is 6.04 Å². The molecule has 3 amide bonds. The number of hydrogen-bond donors (Lipinski definition) is 5. The summed E-state index contributed by atoms with van der Waals surface area (Å²) in [5, 5.41) is 19.4. The Kier molecular flexibility index (Phi) is 8.48. The van der Waals surface area contributed by atoms with Gasteiger partial charge in [-0.1, -0.05) is 32.0 Å². The first-order valence-corrected chi connectivity index (χ1v) is 13.2. The van der Waals surface area contributed by atoms with Gasteiger partial charge in [0.1, 0.15) is 18.1 Å². The Bertz CT molecular complexity index is 1140. The predicted molar refractivity (Wildman–Crippen MR) is 139 cm³/mol. The molecule has 2 aliphatic heterocycles. The number of fused-ring (bicyclic) bond motifs is 1. The Labute approximate surface area is 216 Å². The molecule has 5 N–H and O–H groups in total. The molecule has 0 bridgehead atoms. The molecule has 2 saturated heterocycles. The number of carbonyl (C=O) groups excluding carboxylic acids is 3. The summed E-state index contributed by atoms with van der Waals surface area (Å²) < 4.78 is 0. The number of aromatic nitrogens is 1. The topological polar surface area (TPSA) is 144 Å². The summed E-state index contributed by atoms with van der Waals surface area (Å²) in [5.41, 5.74) is 1.68. The highest BCUT2D eigenvalue weighted by Gasteiger charge is 2.39. The molecule has 0 saturated carbocycles. The highest BCUT2D eigenvalue weighted by molar-refractivity contribution is 5.94. The molecule has 3 heterocycles. The Morgan fingerprint density at radius 2 is 1.86 bits per heavy atom. The molecule has 2 aliphatic rings. The van der Waals surface area contributed by atoms with E-state index in [1.807, 2.05) is 38.1 Å². The van der Waals surface area contributed by atoms with E-state index >= 15 is 0 Å². The summed E-state index contributed by atoms with van der Waals surface area (Å²) in [6.07, 6.45) is 5.16. The predicted octanol–water partition coefficient (Wildman–Crippen LogP) is 1.55. The number of carbonyl (C=O) groups is 4. The van der Waals surface area contributed by atoms with E-state index in [1.54, 1.807) is 11.1 Å². The molecule has 10 nitrogen and oxygen atoms in total. The molecule has 2 aromatic rings. The number of aromatic amines is 1. The molecule has 2 fully saturated rings. The average molecular weight is 512 g/mol. The molecule has 200 valence electrons. The molecule has 37 heavy (non-hydrogen) atoms. The minimum atomic E-state index is -1.16. The van der Waals surface area contributed by atoms with Crippen LogP contribution in [0.4, 0.5) is 0 Å². The molecule has 0 spiro atoms. The second-order valence-corrected chi connectivity index (χ2v) is 10.5. The van der Waals surface area contributed by atoms with Crippen LogP contribution in [0, 0.1) is 5.92 Å². The quantitative estimate of drug-likeness (QED) is 0.328. The van der Waals surface area contributed by atoms with Crippen molar-refractivity contribution >= 4 is 34.6 Å². The van der Waals surface area contributed by atoms with Gasteiger partial charge in [-0.05, 0) is 56.2 Å². The van der Waals surface area contributed by atoms with Gasteiger partial charge in [-0.2, -0.15) is 0 Å². The number of carboxylic acid groups (broad SMARTS) is 1. The van der Waals surface area contributed by atoms with Gasteiger partial charge in [-0.3, -0.25) is 14.4 Å². The average Bonchev–Trinajstić information content (AvgIpc) is 3.63. The van der Waals surface area contributed by atoms with Gasteiger partial charge in [0.15, 0.2) is 0 Å². The van der Waals surface area contributed by atoms with Crippen molar-refractivity contribution in [3.63, 3.8) is 0 Å². The summed E-state index contributed by atoms with van der Waals surface area (Å²) in [6, 6.07) is 4.63. The second kappa shape index (κ2) is 11.8. The number of amides is 3. The fourth-order valence-electron chi connectivity index (χ4n) is 5.36. The second-order valence-electron chi connectivity index (χ2n) is 10.5. The third-order valence-electron chi connectivity index (χ3n) is 7.25. The van der Waals surface area contributed by atoms with Crippen molar-refractivity contribution in [3.8, 4) is 0 Å². The van der Waals surface area contributed by atoms with Gasteiger partial charge < -0.3 is 30.9 Å². The van der Waals surface area contributed by atoms with Crippen LogP contribution in [0.3, 0.4) is 0 Å². The van der Waals surface area contributed by atoms with E-state index in [-0.39, 0.29) is 30.2 Å². The molecule has 0 aliphatic carbocycles. The maximum atomic E-state index is 13.3. The number of nitrogens with zero attached hydrogens (tertiary/aromatic N) is 1. The summed E-state index contributed by atoms with van der Waals surface area (Å²) >= 11 is 0. The van der Waals surface area contributed by atoms with Crippen LogP contribution in [-0.2, 0) is 25.6 Å². The minimum Gasteiger partial charge on any atom is -0.480 e. The van der Waals surface area contributed by atoms with E-state index in [0.29, 0.717) is 19.4 Å². The first-order valence-electron chi connectivity index (χ1n) is 13.2. The zero-order chi connectivity index (χ0) is 26.5. The molecule has 0 radical (unpaired) electrons. The zero-order valence-corrected chi connectivity index (χ0v) is 21.5. The van der Waals surface area contributed by atoms with Crippen molar-refractivity contribution < 1.29 is 24.3 Å². The van der Waals surface area contributed by atoms with E-state index in [1.165, 1.54) is 0 Å². The number of rotatable bonds is 10. The normalized spacial score (nSPS) is 21.2. The van der Waals surface area contributed by atoms with Crippen LogP contribution in [0.15, 0.2) is 30.5 Å². The first-order chi connectivity index (χ1) is 17.7. The van der Waals surface area contributed by atoms with E-state index in [9.17, 15) is 24.3 Å². The zero-order valence-electron chi connectivity index (χ0n) is 21.5. The molecule has 4 rings (SSSR count). The largest absolute Gasteiger partial charge is 0.480 e. The van der Waals surface area contributed by atoms with Gasteiger partial charge >= 0.3 is 5.97 Å². The monoisotopic (exact) mass is 511 g/mol. The Balaban J connectivity index is 1.44. The van der Waals surface area contributed by atoms with Crippen LogP contribution in [-0.4, -0.2) is 75.9 Å². The Morgan fingerprint density at radius 3 is 2.57 bits per heavy atom. The molecular weight excluding hydrogens is 474 g/mol. The van der Waals surface area contributed by atoms with Gasteiger partial charge in [-0.25, -0.2) is 4.79 Å². The molecule has 1 aromatic carbocycles. The molecular formula is C27H37N5O5. The smallest absolute Gasteiger partial charge is 0.326 e. The number of aliphatic carboxylic acids is 1. The first kappa shape index (κ1) is 26.7. The third-order valence-corrected chi connectivity index (χ3v) is 7.25. The van der Waals surface area contributed by atoms with Crippen molar-refractivity contribution in [2.24, 2.45) is 5.92 Å². The van der Waals surface area contributed by atoms with Crippen LogP contribution >= 0.6 is 0 Å². The highest BCUT2D eigenvalue weighted by Crippen LogP contribution is 2.22. The number of carboxylic acids is 1. The Morgan fingerprint density at radius 1 is 1.08 bits per heavy atom. The lowest BCUT2D eigenvalue weighted by atomic mass is 10.0. The molecule has 10 heteroatoms. The van der Waals surface area contributed by atoms with Crippen molar-refractivity contribution in [2.45, 2.75) is 76.5 Å². The summed E-state index contributed by atoms with van der Waals surface area (Å²) in [7, 11) is 0. The van der Waals surface area contributed by atoms with E-state index in [2.05, 4.69) is 20.9 Å². The lowest BCUT2D eigenvalue weighted by Gasteiger charge is -2.29. The van der Waals surface area contributed by atoms with Gasteiger partial charge in [0, 0.05) is 30.1 Å². The number of benzene rings is 1. The van der Waals surface area contributed by atoms with Gasteiger partial charge in [0.2, 0.25) is 17.7 Å². The number of para-hydroxylation sites is 1.